The maximum absolute atomic E-state index is 12.1. The second-order valence-electron chi connectivity index (χ2n) is 3.90. The van der Waals surface area contributed by atoms with Gasteiger partial charge in [0.2, 0.25) is 0 Å². The Labute approximate surface area is 107 Å². The van der Waals surface area contributed by atoms with E-state index in [0.717, 1.165) is 19.4 Å². The molecule has 1 rings (SSSR count). The van der Waals surface area contributed by atoms with Crippen LogP contribution in [0.3, 0.4) is 0 Å². The van der Waals surface area contributed by atoms with Crippen molar-refractivity contribution in [3.05, 3.63) is 28.8 Å². The molecule has 1 N–H and O–H groups in total. The molecule has 0 bridgehead atoms. The SMILES string of the molecule is CCCCN(CC)C(=O)c1ccc(O)c(Cl)c1. The first-order valence-electron chi connectivity index (χ1n) is 5.88. The van der Waals surface area contributed by atoms with Crippen molar-refractivity contribution in [3.63, 3.8) is 0 Å². The summed E-state index contributed by atoms with van der Waals surface area (Å²) in [5.74, 6) is -0.0392. The van der Waals surface area contributed by atoms with Crippen molar-refractivity contribution in [2.45, 2.75) is 26.7 Å². The summed E-state index contributed by atoms with van der Waals surface area (Å²) in [7, 11) is 0. The van der Waals surface area contributed by atoms with Crippen molar-refractivity contribution in [1.82, 2.24) is 4.90 Å². The van der Waals surface area contributed by atoms with Crippen LogP contribution in [0.2, 0.25) is 5.02 Å². The number of nitrogens with zero attached hydrogens (tertiary/aromatic N) is 1. The van der Waals surface area contributed by atoms with E-state index in [1.165, 1.54) is 12.1 Å². The molecule has 0 atom stereocenters. The molecule has 4 heteroatoms. The van der Waals surface area contributed by atoms with E-state index in [1.54, 1.807) is 11.0 Å². The van der Waals surface area contributed by atoms with Gasteiger partial charge in [0.05, 0.1) is 5.02 Å². The van der Waals surface area contributed by atoms with Crippen LogP contribution in [0, 0.1) is 0 Å². The summed E-state index contributed by atoms with van der Waals surface area (Å²) in [5, 5.41) is 9.52. The number of phenolic OH excluding ortho intramolecular Hbond substituents is 1. The van der Waals surface area contributed by atoms with Crippen LogP contribution >= 0.6 is 11.6 Å². The zero-order valence-corrected chi connectivity index (χ0v) is 11.0. The van der Waals surface area contributed by atoms with Gasteiger partial charge < -0.3 is 10.0 Å². The molecule has 1 aromatic rings. The topological polar surface area (TPSA) is 40.5 Å². The van der Waals surface area contributed by atoms with Crippen molar-refractivity contribution in [2.24, 2.45) is 0 Å². The maximum Gasteiger partial charge on any atom is 0.253 e. The number of amides is 1. The van der Waals surface area contributed by atoms with Crippen LogP contribution in [0.4, 0.5) is 0 Å². The van der Waals surface area contributed by atoms with Crippen LogP contribution in [0.15, 0.2) is 18.2 Å². The molecule has 0 radical (unpaired) electrons. The number of carbonyl (C=O) groups excluding carboxylic acids is 1. The Bertz CT molecular complexity index is 393. The molecule has 0 spiro atoms. The number of hydrogen-bond acceptors (Lipinski definition) is 2. The van der Waals surface area contributed by atoms with Gasteiger partial charge in [0.15, 0.2) is 0 Å². The number of hydrogen-bond donors (Lipinski definition) is 1. The van der Waals surface area contributed by atoms with Gasteiger partial charge in [-0.2, -0.15) is 0 Å². The fraction of sp³-hybridized carbons (Fsp3) is 0.462. The zero-order chi connectivity index (χ0) is 12.8. The fourth-order valence-corrected chi connectivity index (χ4v) is 1.76. The van der Waals surface area contributed by atoms with Gasteiger partial charge in [-0.3, -0.25) is 4.79 Å². The fourth-order valence-electron chi connectivity index (χ4n) is 1.57. The molecule has 0 fully saturated rings. The number of rotatable bonds is 5. The Balaban J connectivity index is 2.82. The number of halogens is 1. The van der Waals surface area contributed by atoms with E-state index in [0.29, 0.717) is 12.1 Å². The van der Waals surface area contributed by atoms with Gasteiger partial charge in [0.25, 0.3) is 5.91 Å². The van der Waals surface area contributed by atoms with E-state index in [-0.39, 0.29) is 16.7 Å². The molecular formula is C13H18ClNO2. The molecule has 3 nitrogen and oxygen atoms in total. The minimum atomic E-state index is -0.0390. The van der Waals surface area contributed by atoms with Crippen molar-refractivity contribution < 1.29 is 9.90 Å². The van der Waals surface area contributed by atoms with E-state index < -0.39 is 0 Å². The van der Waals surface area contributed by atoms with Gasteiger partial charge in [-0.15, -0.1) is 0 Å². The summed E-state index contributed by atoms with van der Waals surface area (Å²) in [5.41, 5.74) is 0.519. The van der Waals surface area contributed by atoms with Gasteiger partial charge in [-0.1, -0.05) is 24.9 Å². The van der Waals surface area contributed by atoms with Gasteiger partial charge in [-0.05, 0) is 31.5 Å². The van der Waals surface area contributed by atoms with Gasteiger partial charge in [0, 0.05) is 18.7 Å². The third-order valence-electron chi connectivity index (χ3n) is 2.65. The quantitative estimate of drug-likeness (QED) is 0.877. The van der Waals surface area contributed by atoms with Crippen LogP contribution in [0.1, 0.15) is 37.0 Å². The van der Waals surface area contributed by atoms with Crippen molar-refractivity contribution in [3.8, 4) is 5.75 Å². The first-order chi connectivity index (χ1) is 8.10. The highest BCUT2D eigenvalue weighted by Gasteiger charge is 2.14. The first kappa shape index (κ1) is 13.8. The summed E-state index contributed by atoms with van der Waals surface area (Å²) in [6, 6.07) is 4.55. The van der Waals surface area contributed by atoms with Crippen molar-refractivity contribution in [1.29, 1.82) is 0 Å². The third kappa shape index (κ3) is 3.63. The van der Waals surface area contributed by atoms with E-state index in [9.17, 15) is 9.90 Å². The normalized spacial score (nSPS) is 10.3. The number of benzene rings is 1. The number of unbranched alkanes of at least 4 members (excludes halogenated alkanes) is 1. The van der Waals surface area contributed by atoms with Crippen LogP contribution in [-0.2, 0) is 0 Å². The van der Waals surface area contributed by atoms with E-state index in [4.69, 9.17) is 11.6 Å². The van der Waals surface area contributed by atoms with Gasteiger partial charge in [-0.25, -0.2) is 0 Å². The summed E-state index contributed by atoms with van der Waals surface area (Å²) in [6.07, 6.45) is 2.05. The van der Waals surface area contributed by atoms with Crippen molar-refractivity contribution in [2.75, 3.05) is 13.1 Å². The smallest absolute Gasteiger partial charge is 0.253 e. The van der Waals surface area contributed by atoms with E-state index in [1.807, 2.05) is 6.92 Å². The predicted molar refractivity (Wildman–Crippen MR) is 69.6 cm³/mol. The molecule has 0 saturated heterocycles. The maximum atomic E-state index is 12.1. The largest absolute Gasteiger partial charge is 0.506 e. The average Bonchev–Trinajstić information content (AvgIpc) is 2.33. The van der Waals surface area contributed by atoms with Crippen LogP contribution in [0.5, 0.6) is 5.75 Å². The van der Waals surface area contributed by atoms with Gasteiger partial charge in [0.1, 0.15) is 5.75 Å². The van der Waals surface area contributed by atoms with Crippen LogP contribution in [-0.4, -0.2) is 29.0 Å². The Morgan fingerprint density at radius 3 is 2.65 bits per heavy atom. The van der Waals surface area contributed by atoms with Gasteiger partial charge >= 0.3 is 0 Å². The Morgan fingerprint density at radius 2 is 2.12 bits per heavy atom. The molecule has 1 aromatic carbocycles. The lowest BCUT2D eigenvalue weighted by Gasteiger charge is -2.20. The number of aromatic hydroxyl groups is 1. The lowest BCUT2D eigenvalue weighted by Crippen LogP contribution is -2.31. The van der Waals surface area contributed by atoms with E-state index in [2.05, 4.69) is 6.92 Å². The predicted octanol–water partition coefficient (Wildman–Crippen LogP) is 3.31. The molecule has 0 aliphatic heterocycles. The van der Waals surface area contributed by atoms with Crippen molar-refractivity contribution >= 4 is 17.5 Å². The summed E-state index contributed by atoms with van der Waals surface area (Å²) in [4.78, 5) is 13.9. The molecule has 0 heterocycles. The van der Waals surface area contributed by atoms with E-state index >= 15 is 0 Å². The number of carbonyl (C=O) groups is 1. The number of phenols is 1. The minimum absolute atomic E-state index is 0.000164. The molecular weight excluding hydrogens is 238 g/mol. The second kappa shape index (κ2) is 6.50. The molecule has 0 aromatic heterocycles. The second-order valence-corrected chi connectivity index (χ2v) is 4.31. The molecule has 0 saturated carbocycles. The van der Waals surface area contributed by atoms with Crippen LogP contribution < -0.4 is 0 Å². The molecule has 1 amide bonds. The molecule has 94 valence electrons. The molecule has 0 aliphatic carbocycles. The van der Waals surface area contributed by atoms with Crippen LogP contribution in [0.25, 0.3) is 0 Å². The lowest BCUT2D eigenvalue weighted by molar-refractivity contribution is 0.0762. The Kier molecular flexibility index (Phi) is 5.29. The Morgan fingerprint density at radius 1 is 1.41 bits per heavy atom. The summed E-state index contributed by atoms with van der Waals surface area (Å²) in [6.45, 7) is 5.48. The summed E-state index contributed by atoms with van der Waals surface area (Å²) < 4.78 is 0. The monoisotopic (exact) mass is 255 g/mol. The highest BCUT2D eigenvalue weighted by molar-refractivity contribution is 6.32. The minimum Gasteiger partial charge on any atom is -0.506 e. The average molecular weight is 256 g/mol. The lowest BCUT2D eigenvalue weighted by atomic mass is 10.2. The highest BCUT2D eigenvalue weighted by Crippen LogP contribution is 2.24. The summed E-state index contributed by atoms with van der Waals surface area (Å²) >= 11 is 5.79. The zero-order valence-electron chi connectivity index (χ0n) is 10.2. The molecule has 0 aliphatic rings. The first-order valence-corrected chi connectivity index (χ1v) is 6.25. The molecule has 0 unspecified atom stereocenters. The molecule has 17 heavy (non-hydrogen) atoms. The standard InChI is InChI=1S/C13H18ClNO2/c1-3-5-8-15(4-2)13(17)10-6-7-12(16)11(14)9-10/h6-7,9,16H,3-5,8H2,1-2H3. The highest BCUT2D eigenvalue weighted by atomic mass is 35.5. The Hall–Kier alpha value is -1.22. The third-order valence-corrected chi connectivity index (χ3v) is 2.95.